The van der Waals surface area contributed by atoms with E-state index in [1.165, 1.54) is 16.1 Å². The highest BCUT2D eigenvalue weighted by molar-refractivity contribution is 7.14. The molecule has 0 aliphatic carbocycles. The number of morpholine rings is 1. The lowest BCUT2D eigenvalue weighted by molar-refractivity contribution is 0.0369. The van der Waals surface area contributed by atoms with Gasteiger partial charge in [-0.05, 0) is 42.0 Å². The number of benzene rings is 1. The highest BCUT2D eigenvalue weighted by atomic mass is 32.1. The van der Waals surface area contributed by atoms with E-state index in [2.05, 4.69) is 63.5 Å². The first-order valence-corrected chi connectivity index (χ1v) is 11.8. The van der Waals surface area contributed by atoms with E-state index >= 15 is 0 Å². The lowest BCUT2D eigenvalue weighted by Gasteiger charge is -2.26. The van der Waals surface area contributed by atoms with Crippen LogP contribution < -0.4 is 4.80 Å². The van der Waals surface area contributed by atoms with Crippen LogP contribution in [-0.2, 0) is 17.7 Å². The van der Waals surface area contributed by atoms with Crippen molar-refractivity contribution in [2.75, 3.05) is 32.8 Å². The molecular formula is C22H27N3OS2. The van der Waals surface area contributed by atoms with Gasteiger partial charge in [0, 0.05) is 31.6 Å². The maximum atomic E-state index is 5.46. The Kier molecular flexibility index (Phi) is 6.75. The zero-order valence-electron chi connectivity index (χ0n) is 16.3. The predicted molar refractivity (Wildman–Crippen MR) is 119 cm³/mol. The molecule has 1 aliphatic rings. The van der Waals surface area contributed by atoms with E-state index in [-0.39, 0.29) is 0 Å². The average molecular weight is 414 g/mol. The van der Waals surface area contributed by atoms with Gasteiger partial charge in [0.2, 0.25) is 0 Å². The number of nitrogens with zero attached hydrogens (tertiary/aromatic N) is 3. The topological polar surface area (TPSA) is 29.8 Å². The van der Waals surface area contributed by atoms with Gasteiger partial charge in [-0.2, -0.15) is 0 Å². The summed E-state index contributed by atoms with van der Waals surface area (Å²) in [4.78, 5) is 9.86. The molecule has 1 saturated heterocycles. The van der Waals surface area contributed by atoms with Gasteiger partial charge in [0.15, 0.2) is 4.80 Å². The molecule has 1 aromatic carbocycles. The van der Waals surface area contributed by atoms with Gasteiger partial charge in [0.1, 0.15) is 0 Å². The number of thiazole rings is 1. The number of hydrogen-bond donors (Lipinski definition) is 0. The Morgan fingerprint density at radius 3 is 2.57 bits per heavy atom. The van der Waals surface area contributed by atoms with E-state index in [0.717, 1.165) is 62.7 Å². The molecule has 6 heteroatoms. The Labute approximate surface area is 174 Å². The minimum atomic E-state index is 0.861. The number of aromatic nitrogens is 1. The van der Waals surface area contributed by atoms with Crippen molar-refractivity contribution in [3.05, 3.63) is 57.5 Å². The summed E-state index contributed by atoms with van der Waals surface area (Å²) in [6.07, 6.45) is 2.18. The van der Waals surface area contributed by atoms with E-state index in [0.29, 0.717) is 0 Å². The molecule has 0 saturated carbocycles. The summed E-state index contributed by atoms with van der Waals surface area (Å²) in [5.74, 6) is 0. The zero-order chi connectivity index (χ0) is 19.2. The van der Waals surface area contributed by atoms with Crippen molar-refractivity contribution in [3.63, 3.8) is 0 Å². The molecule has 4 nitrogen and oxygen atoms in total. The Bertz CT molecular complexity index is 920. The number of hydrogen-bond acceptors (Lipinski definition) is 5. The van der Waals surface area contributed by atoms with Gasteiger partial charge in [-0.1, -0.05) is 25.1 Å². The van der Waals surface area contributed by atoms with Gasteiger partial charge >= 0.3 is 0 Å². The molecule has 1 fully saturated rings. The maximum Gasteiger partial charge on any atom is 0.190 e. The van der Waals surface area contributed by atoms with Gasteiger partial charge in [0.05, 0.1) is 29.5 Å². The third kappa shape index (κ3) is 4.81. The minimum absolute atomic E-state index is 0.861. The van der Waals surface area contributed by atoms with Crippen molar-refractivity contribution in [3.8, 4) is 10.6 Å². The van der Waals surface area contributed by atoms with Crippen LogP contribution in [-0.4, -0.2) is 42.3 Å². The van der Waals surface area contributed by atoms with E-state index < -0.39 is 0 Å². The predicted octanol–water partition coefficient (Wildman–Crippen LogP) is 4.80. The normalized spacial score (nSPS) is 16.0. The summed E-state index contributed by atoms with van der Waals surface area (Å²) in [5, 5.41) is 4.39. The van der Waals surface area contributed by atoms with Crippen LogP contribution in [0.4, 0.5) is 5.69 Å². The fourth-order valence-electron chi connectivity index (χ4n) is 3.45. The van der Waals surface area contributed by atoms with Crippen LogP contribution >= 0.6 is 22.7 Å². The summed E-state index contributed by atoms with van der Waals surface area (Å²) in [5.41, 5.74) is 3.66. The summed E-state index contributed by atoms with van der Waals surface area (Å²) in [6, 6.07) is 12.9. The van der Waals surface area contributed by atoms with Crippen LogP contribution in [0.3, 0.4) is 0 Å². The third-order valence-electron chi connectivity index (χ3n) is 5.10. The Hall–Kier alpha value is -1.73. The second-order valence-corrected chi connectivity index (χ2v) is 8.76. The standard InChI is InChI=1S/C22H27N3OS2/c1-2-18-6-8-19(9-7-18)23-22-25(11-4-10-24-12-14-26-15-13-24)20(17-28-22)21-5-3-16-27-21/h3,5-9,16-17H,2,4,10-15H2,1H3. The van der Waals surface area contributed by atoms with Crippen molar-refractivity contribution in [2.24, 2.45) is 4.99 Å². The first kappa shape index (κ1) is 19.6. The lowest BCUT2D eigenvalue weighted by atomic mass is 10.2. The van der Waals surface area contributed by atoms with E-state index in [9.17, 15) is 0 Å². The molecule has 0 N–H and O–H groups in total. The highest BCUT2D eigenvalue weighted by Crippen LogP contribution is 2.26. The molecule has 28 heavy (non-hydrogen) atoms. The summed E-state index contributed by atoms with van der Waals surface area (Å²) in [6.45, 7) is 8.10. The van der Waals surface area contributed by atoms with Crippen molar-refractivity contribution >= 4 is 28.4 Å². The molecule has 0 radical (unpaired) electrons. The molecule has 0 bridgehead atoms. The van der Waals surface area contributed by atoms with Gasteiger partial charge < -0.3 is 9.30 Å². The average Bonchev–Trinajstić information content (AvgIpc) is 3.40. The minimum Gasteiger partial charge on any atom is -0.379 e. The van der Waals surface area contributed by atoms with E-state index in [4.69, 9.17) is 9.73 Å². The van der Waals surface area contributed by atoms with Crippen LogP contribution in [0.2, 0.25) is 0 Å². The van der Waals surface area contributed by atoms with Crippen molar-refractivity contribution in [1.82, 2.24) is 9.47 Å². The molecule has 0 atom stereocenters. The number of aryl methyl sites for hydroxylation is 1. The Morgan fingerprint density at radius 1 is 1.04 bits per heavy atom. The van der Waals surface area contributed by atoms with Gasteiger partial charge in [-0.3, -0.25) is 4.90 Å². The molecule has 3 heterocycles. The Morgan fingerprint density at radius 2 is 1.86 bits per heavy atom. The maximum absolute atomic E-state index is 5.46. The van der Waals surface area contributed by atoms with Crippen molar-refractivity contribution in [1.29, 1.82) is 0 Å². The molecule has 1 aliphatic heterocycles. The molecule has 2 aromatic heterocycles. The van der Waals surface area contributed by atoms with E-state index in [1.807, 2.05) is 0 Å². The molecule has 0 amide bonds. The fourth-order valence-corrected chi connectivity index (χ4v) is 5.22. The van der Waals surface area contributed by atoms with Crippen LogP contribution in [0, 0.1) is 0 Å². The van der Waals surface area contributed by atoms with Gasteiger partial charge in [-0.25, -0.2) is 4.99 Å². The van der Waals surface area contributed by atoms with Crippen molar-refractivity contribution in [2.45, 2.75) is 26.3 Å². The molecular weight excluding hydrogens is 386 g/mol. The van der Waals surface area contributed by atoms with E-state index in [1.54, 1.807) is 22.7 Å². The van der Waals surface area contributed by atoms with Crippen LogP contribution in [0.15, 0.2) is 52.2 Å². The molecule has 148 valence electrons. The van der Waals surface area contributed by atoms with Gasteiger partial charge in [-0.15, -0.1) is 22.7 Å². The van der Waals surface area contributed by atoms with Crippen LogP contribution in [0.1, 0.15) is 18.9 Å². The molecule has 0 unspecified atom stereocenters. The summed E-state index contributed by atoms with van der Waals surface area (Å²) >= 11 is 3.53. The first-order chi connectivity index (χ1) is 13.8. The summed E-state index contributed by atoms with van der Waals surface area (Å²) < 4.78 is 7.86. The third-order valence-corrected chi connectivity index (χ3v) is 6.86. The first-order valence-electron chi connectivity index (χ1n) is 9.99. The van der Waals surface area contributed by atoms with Crippen molar-refractivity contribution < 1.29 is 4.74 Å². The fraction of sp³-hybridized carbons (Fsp3) is 0.409. The smallest absolute Gasteiger partial charge is 0.190 e. The molecule has 3 aromatic rings. The second kappa shape index (κ2) is 9.65. The largest absolute Gasteiger partial charge is 0.379 e. The summed E-state index contributed by atoms with van der Waals surface area (Å²) in [7, 11) is 0. The Balaban J connectivity index is 1.57. The molecule has 0 spiro atoms. The van der Waals surface area contributed by atoms with Crippen LogP contribution in [0.25, 0.3) is 10.6 Å². The zero-order valence-corrected chi connectivity index (χ0v) is 18.0. The van der Waals surface area contributed by atoms with Crippen LogP contribution in [0.5, 0.6) is 0 Å². The molecule has 4 rings (SSSR count). The SMILES string of the molecule is CCc1ccc(N=c2scc(-c3cccs3)n2CCCN2CCOCC2)cc1. The quantitative estimate of drug-likeness (QED) is 0.557. The number of thiophene rings is 1. The number of ether oxygens (including phenoxy) is 1. The lowest BCUT2D eigenvalue weighted by Crippen LogP contribution is -2.37. The number of rotatable bonds is 7. The highest BCUT2D eigenvalue weighted by Gasteiger charge is 2.12. The second-order valence-electron chi connectivity index (χ2n) is 6.97. The monoisotopic (exact) mass is 413 g/mol. The van der Waals surface area contributed by atoms with Gasteiger partial charge in [0.25, 0.3) is 0 Å².